The molecule has 0 spiro atoms. The topological polar surface area (TPSA) is 52.5 Å². The van der Waals surface area contributed by atoms with Gasteiger partial charge in [-0.2, -0.15) is 0 Å². The van der Waals surface area contributed by atoms with Gasteiger partial charge in [-0.3, -0.25) is 0 Å². The largest absolute Gasteiger partial charge is 0.322 e. The number of nitrogens with zero attached hydrogens (tertiary/aromatic N) is 4. The molecule has 1 aliphatic heterocycles. The van der Waals surface area contributed by atoms with Crippen molar-refractivity contribution < 1.29 is 9.80 Å². The normalized spacial score (nSPS) is 23.5. The van der Waals surface area contributed by atoms with E-state index in [2.05, 4.69) is 80.9 Å². The Morgan fingerprint density at radius 2 is 1.53 bits per heavy atom. The predicted molar refractivity (Wildman–Crippen MR) is 115 cm³/mol. The molecule has 2 aliphatic rings. The van der Waals surface area contributed by atoms with Crippen molar-refractivity contribution in [3.8, 4) is 0 Å². The summed E-state index contributed by atoms with van der Waals surface area (Å²) in [6.45, 7) is 5.75. The van der Waals surface area contributed by atoms with Crippen molar-refractivity contribution in [1.82, 2.24) is 20.2 Å². The maximum absolute atomic E-state index is 4.57. The minimum Gasteiger partial charge on any atom is -0.322 e. The molecule has 156 valence electrons. The molecule has 2 fully saturated rings. The minimum atomic E-state index is 0.208. The maximum Gasteiger partial charge on any atom is 0.214 e. The molecule has 3 aromatic rings. The van der Waals surface area contributed by atoms with E-state index in [1.807, 2.05) is 0 Å². The van der Waals surface area contributed by atoms with Crippen LogP contribution in [-0.2, 0) is 6.54 Å². The number of hydrogen-bond acceptors (Lipinski definition) is 3. The first-order chi connectivity index (χ1) is 14.9. The number of quaternary nitrogens is 2. The summed E-state index contributed by atoms with van der Waals surface area (Å²) in [5.41, 5.74) is 2.76. The van der Waals surface area contributed by atoms with Gasteiger partial charge in [0.25, 0.3) is 0 Å². The molecule has 6 nitrogen and oxygen atoms in total. The summed E-state index contributed by atoms with van der Waals surface area (Å²) >= 11 is 0. The summed E-state index contributed by atoms with van der Waals surface area (Å²) in [4.78, 5) is 3.26. The van der Waals surface area contributed by atoms with E-state index in [-0.39, 0.29) is 6.04 Å². The number of aromatic nitrogens is 4. The van der Waals surface area contributed by atoms with Crippen LogP contribution < -0.4 is 9.80 Å². The number of hydrogen-bond donors (Lipinski definition) is 2. The van der Waals surface area contributed by atoms with E-state index in [0.29, 0.717) is 6.04 Å². The summed E-state index contributed by atoms with van der Waals surface area (Å²) in [7, 11) is 0. The van der Waals surface area contributed by atoms with Crippen molar-refractivity contribution in [3.63, 3.8) is 0 Å². The molecule has 1 aromatic heterocycles. The molecular formula is C24H32N6+2. The van der Waals surface area contributed by atoms with Crippen molar-refractivity contribution in [2.24, 2.45) is 0 Å². The van der Waals surface area contributed by atoms with Crippen LogP contribution in [0.4, 0.5) is 0 Å². The lowest BCUT2D eigenvalue weighted by Crippen LogP contribution is -3.27. The Morgan fingerprint density at radius 3 is 2.23 bits per heavy atom. The fourth-order valence-corrected chi connectivity index (χ4v) is 5.29. The predicted octanol–water partition coefficient (Wildman–Crippen LogP) is 0.861. The van der Waals surface area contributed by atoms with Crippen LogP contribution in [-0.4, -0.2) is 46.4 Å². The Bertz CT molecular complexity index is 911. The molecule has 2 heterocycles. The molecule has 2 aromatic carbocycles. The second-order valence-corrected chi connectivity index (χ2v) is 8.83. The van der Waals surface area contributed by atoms with E-state index in [1.54, 1.807) is 9.80 Å². The standard InChI is InChI=1S/C24H30N6/c1-3-9-20(10-4-1)19-28-15-17-29(18-16-28)23(21-11-5-2-6-12-21)24-25-26-27-30(24)22-13-7-8-14-22/h1-6,9-12,22-23H,7-8,13-19H2/p+2/t23-/m0/s1. The average molecular weight is 405 g/mol. The quantitative estimate of drug-likeness (QED) is 0.641. The molecule has 1 aliphatic carbocycles. The molecule has 6 heteroatoms. The van der Waals surface area contributed by atoms with E-state index in [0.717, 1.165) is 25.5 Å². The Balaban J connectivity index is 1.36. The zero-order valence-electron chi connectivity index (χ0n) is 17.6. The van der Waals surface area contributed by atoms with Gasteiger partial charge in [0.05, 0.1) is 6.04 Å². The van der Waals surface area contributed by atoms with Gasteiger partial charge < -0.3 is 9.80 Å². The maximum atomic E-state index is 4.57. The third-order valence-corrected chi connectivity index (χ3v) is 6.88. The van der Waals surface area contributed by atoms with Crippen molar-refractivity contribution in [2.75, 3.05) is 26.2 Å². The second-order valence-electron chi connectivity index (χ2n) is 8.83. The van der Waals surface area contributed by atoms with Gasteiger partial charge in [-0.05, 0) is 23.3 Å². The van der Waals surface area contributed by atoms with Crippen LogP contribution in [0.3, 0.4) is 0 Å². The lowest BCUT2D eigenvalue weighted by Gasteiger charge is -2.34. The Morgan fingerprint density at radius 1 is 0.867 bits per heavy atom. The number of benzene rings is 2. The summed E-state index contributed by atoms with van der Waals surface area (Å²) < 4.78 is 2.15. The summed E-state index contributed by atoms with van der Waals surface area (Å²) in [5.74, 6) is 1.05. The van der Waals surface area contributed by atoms with Crippen LogP contribution in [0.1, 0.15) is 54.7 Å². The third kappa shape index (κ3) is 4.16. The van der Waals surface area contributed by atoms with Crippen LogP contribution in [0.2, 0.25) is 0 Å². The van der Waals surface area contributed by atoms with Gasteiger partial charge in [0.1, 0.15) is 32.7 Å². The first kappa shape index (κ1) is 19.4. The Hall–Kier alpha value is -2.57. The van der Waals surface area contributed by atoms with Gasteiger partial charge in [0.2, 0.25) is 5.82 Å². The van der Waals surface area contributed by atoms with E-state index in [1.165, 1.54) is 49.9 Å². The smallest absolute Gasteiger partial charge is 0.214 e. The molecule has 5 rings (SSSR count). The highest BCUT2D eigenvalue weighted by atomic mass is 15.6. The first-order valence-electron chi connectivity index (χ1n) is 11.4. The molecule has 0 radical (unpaired) electrons. The SMILES string of the molecule is c1ccc(C[NH+]2CC[NH+]([C@@H](c3ccccc3)c3nnnn3C3CCCC3)CC2)cc1. The second kappa shape index (κ2) is 9.06. The molecule has 0 bridgehead atoms. The van der Waals surface area contributed by atoms with Crippen LogP contribution in [0.25, 0.3) is 0 Å². The average Bonchev–Trinajstić information content (AvgIpc) is 3.49. The minimum absolute atomic E-state index is 0.208. The molecule has 2 N–H and O–H groups in total. The van der Waals surface area contributed by atoms with E-state index in [9.17, 15) is 0 Å². The zero-order valence-corrected chi connectivity index (χ0v) is 17.6. The van der Waals surface area contributed by atoms with E-state index >= 15 is 0 Å². The lowest BCUT2D eigenvalue weighted by atomic mass is 10.0. The van der Waals surface area contributed by atoms with Gasteiger partial charge in [0.15, 0.2) is 6.04 Å². The number of piperazine rings is 1. The van der Waals surface area contributed by atoms with Crippen LogP contribution in [0.15, 0.2) is 60.7 Å². The van der Waals surface area contributed by atoms with Gasteiger partial charge >= 0.3 is 0 Å². The van der Waals surface area contributed by atoms with Crippen molar-refractivity contribution >= 4 is 0 Å². The lowest BCUT2D eigenvalue weighted by molar-refractivity contribution is -1.03. The van der Waals surface area contributed by atoms with Gasteiger partial charge in [-0.1, -0.05) is 73.5 Å². The highest BCUT2D eigenvalue weighted by molar-refractivity contribution is 5.22. The van der Waals surface area contributed by atoms with Crippen molar-refractivity contribution in [1.29, 1.82) is 0 Å². The Kier molecular flexibility index (Phi) is 5.86. The third-order valence-electron chi connectivity index (χ3n) is 6.88. The van der Waals surface area contributed by atoms with E-state index in [4.69, 9.17) is 0 Å². The highest BCUT2D eigenvalue weighted by Crippen LogP contribution is 2.31. The summed E-state index contributed by atoms with van der Waals surface area (Å²) in [5, 5.41) is 13.1. The van der Waals surface area contributed by atoms with Crippen LogP contribution in [0.5, 0.6) is 0 Å². The van der Waals surface area contributed by atoms with Crippen LogP contribution >= 0.6 is 0 Å². The fourth-order valence-electron chi connectivity index (χ4n) is 5.29. The first-order valence-corrected chi connectivity index (χ1v) is 11.4. The summed E-state index contributed by atoms with van der Waals surface area (Å²) in [6, 6.07) is 22.4. The van der Waals surface area contributed by atoms with Gasteiger partial charge in [-0.25, -0.2) is 4.68 Å². The van der Waals surface area contributed by atoms with Crippen molar-refractivity contribution in [2.45, 2.75) is 44.3 Å². The molecule has 0 unspecified atom stereocenters. The van der Waals surface area contributed by atoms with Crippen molar-refractivity contribution in [3.05, 3.63) is 77.6 Å². The monoisotopic (exact) mass is 404 g/mol. The summed E-state index contributed by atoms with van der Waals surface area (Å²) in [6.07, 6.45) is 4.97. The number of rotatable bonds is 6. The molecule has 1 atom stereocenters. The molecule has 30 heavy (non-hydrogen) atoms. The molecule has 1 saturated carbocycles. The number of nitrogens with one attached hydrogen (secondary N) is 2. The number of tetrazole rings is 1. The molecule has 1 saturated heterocycles. The van der Waals surface area contributed by atoms with E-state index < -0.39 is 0 Å². The fraction of sp³-hybridized carbons (Fsp3) is 0.458. The van der Waals surface area contributed by atoms with Gasteiger partial charge in [-0.15, -0.1) is 5.10 Å². The Labute approximate surface area is 178 Å². The molecular weight excluding hydrogens is 372 g/mol. The highest BCUT2D eigenvalue weighted by Gasteiger charge is 2.37. The van der Waals surface area contributed by atoms with Gasteiger partial charge in [0, 0.05) is 11.1 Å². The van der Waals surface area contributed by atoms with Crippen LogP contribution in [0, 0.1) is 0 Å². The molecule has 0 amide bonds. The zero-order chi connectivity index (χ0) is 20.2.